The minimum atomic E-state index is -3.17. The number of carbonyl (C=O) groups excluding carboxylic acids is 1. The van der Waals surface area contributed by atoms with Crippen molar-refractivity contribution in [2.24, 2.45) is 0 Å². The topological polar surface area (TPSA) is 82.6 Å². The lowest BCUT2D eigenvalue weighted by Crippen LogP contribution is -2.48. The monoisotopic (exact) mass is 394 g/mol. The number of carbonyl (C=O) groups is 1. The van der Waals surface area contributed by atoms with Gasteiger partial charge >= 0.3 is 0 Å². The molecule has 1 aromatic heterocycles. The second-order valence-electron chi connectivity index (χ2n) is 6.21. The first-order chi connectivity index (χ1) is 12.4. The quantitative estimate of drug-likeness (QED) is 0.796. The number of anilines is 1. The fraction of sp³-hybridized carbons (Fsp3) is 0.412. The van der Waals surface area contributed by atoms with Gasteiger partial charge in [-0.05, 0) is 24.1 Å². The number of amides is 1. The summed E-state index contributed by atoms with van der Waals surface area (Å²) in [5.41, 5.74) is 1.65. The molecule has 0 spiro atoms. The summed E-state index contributed by atoms with van der Waals surface area (Å²) >= 11 is 1.61. The zero-order chi connectivity index (χ0) is 18.6. The van der Waals surface area contributed by atoms with Crippen LogP contribution >= 0.6 is 11.3 Å². The van der Waals surface area contributed by atoms with Gasteiger partial charge in [0, 0.05) is 49.9 Å². The van der Waals surface area contributed by atoms with Crippen LogP contribution in [0, 0.1) is 0 Å². The van der Waals surface area contributed by atoms with E-state index < -0.39 is 10.0 Å². The van der Waals surface area contributed by atoms with Crippen LogP contribution in [0.25, 0.3) is 0 Å². The minimum absolute atomic E-state index is 0.0320. The largest absolute Gasteiger partial charge is 0.345 e. The van der Waals surface area contributed by atoms with Crippen LogP contribution in [-0.4, -0.2) is 63.2 Å². The number of aromatic nitrogens is 1. The Bertz CT molecular complexity index is 827. The highest BCUT2D eigenvalue weighted by Gasteiger charge is 2.23. The third-order valence-electron chi connectivity index (χ3n) is 4.24. The van der Waals surface area contributed by atoms with Gasteiger partial charge in [-0.25, -0.2) is 18.1 Å². The van der Waals surface area contributed by atoms with Crippen molar-refractivity contribution in [2.75, 3.05) is 43.9 Å². The molecule has 9 heteroatoms. The Morgan fingerprint density at radius 2 is 1.88 bits per heavy atom. The molecule has 1 aromatic carbocycles. The Labute approximate surface area is 157 Å². The Kier molecular flexibility index (Phi) is 5.90. The first-order valence-electron chi connectivity index (χ1n) is 8.40. The van der Waals surface area contributed by atoms with E-state index in [0.29, 0.717) is 31.6 Å². The number of benzene rings is 1. The predicted octanol–water partition coefficient (Wildman–Crippen LogP) is 1.20. The van der Waals surface area contributed by atoms with Crippen molar-refractivity contribution >= 4 is 32.4 Å². The zero-order valence-corrected chi connectivity index (χ0v) is 16.2. The van der Waals surface area contributed by atoms with E-state index in [9.17, 15) is 13.2 Å². The zero-order valence-electron chi connectivity index (χ0n) is 14.6. The molecule has 2 aromatic rings. The molecule has 1 aliphatic heterocycles. The highest BCUT2D eigenvalue weighted by Crippen LogP contribution is 2.19. The molecule has 0 aliphatic carbocycles. The highest BCUT2D eigenvalue weighted by atomic mass is 32.2. The van der Waals surface area contributed by atoms with Crippen molar-refractivity contribution in [3.8, 4) is 0 Å². The second-order valence-corrected chi connectivity index (χ2v) is 8.91. The van der Waals surface area contributed by atoms with Gasteiger partial charge in [0.25, 0.3) is 5.91 Å². The number of piperazine rings is 1. The van der Waals surface area contributed by atoms with Crippen LogP contribution in [0.5, 0.6) is 0 Å². The predicted molar refractivity (Wildman–Crippen MR) is 103 cm³/mol. The van der Waals surface area contributed by atoms with Gasteiger partial charge in [0.1, 0.15) is 0 Å². The van der Waals surface area contributed by atoms with Gasteiger partial charge in [-0.15, -0.1) is 11.3 Å². The number of hydrogen-bond donors (Lipinski definition) is 1. The number of sulfonamides is 1. The molecular formula is C17H22N4O3S2. The van der Waals surface area contributed by atoms with E-state index in [4.69, 9.17) is 0 Å². The maximum atomic E-state index is 12.7. The smallest absolute Gasteiger partial charge is 0.253 e. The minimum Gasteiger partial charge on any atom is -0.345 e. The molecule has 0 bridgehead atoms. The van der Waals surface area contributed by atoms with Crippen LogP contribution in [-0.2, 0) is 16.4 Å². The lowest BCUT2D eigenvalue weighted by atomic mass is 10.1. The van der Waals surface area contributed by atoms with Crippen molar-refractivity contribution in [3.63, 3.8) is 0 Å². The number of thiazole rings is 1. The van der Waals surface area contributed by atoms with E-state index in [1.54, 1.807) is 17.5 Å². The third kappa shape index (κ3) is 5.03. The molecule has 26 heavy (non-hydrogen) atoms. The Balaban J connectivity index is 1.52. The first-order valence-corrected chi connectivity index (χ1v) is 11.2. The summed E-state index contributed by atoms with van der Waals surface area (Å²) in [5, 5.41) is 2.96. The standard InChI is InChI=1S/C17H22N4O3S2/c1-26(23,24)19-7-6-14-2-4-15(5-3-14)16(22)20-9-11-21(12-10-20)17-18-8-13-25-17/h2-5,8,13,19H,6-7,9-12H2,1H3. The number of rotatable bonds is 6. The molecular weight excluding hydrogens is 372 g/mol. The lowest BCUT2D eigenvalue weighted by Gasteiger charge is -2.34. The summed E-state index contributed by atoms with van der Waals surface area (Å²) in [6.45, 7) is 3.28. The van der Waals surface area contributed by atoms with E-state index in [0.717, 1.165) is 30.0 Å². The van der Waals surface area contributed by atoms with Crippen LogP contribution in [0.3, 0.4) is 0 Å². The average molecular weight is 395 g/mol. The molecule has 3 rings (SSSR count). The molecule has 0 unspecified atom stereocenters. The summed E-state index contributed by atoms with van der Waals surface area (Å²) < 4.78 is 24.6. The van der Waals surface area contributed by atoms with Crippen LogP contribution in [0.2, 0.25) is 0 Å². The molecule has 0 radical (unpaired) electrons. The second kappa shape index (κ2) is 8.15. The van der Waals surface area contributed by atoms with Crippen molar-refractivity contribution < 1.29 is 13.2 Å². The normalized spacial score (nSPS) is 15.3. The van der Waals surface area contributed by atoms with Crippen LogP contribution < -0.4 is 9.62 Å². The molecule has 1 saturated heterocycles. The number of nitrogens with zero attached hydrogens (tertiary/aromatic N) is 3. The number of hydrogen-bond acceptors (Lipinski definition) is 6. The molecule has 1 amide bonds. The Morgan fingerprint density at radius 1 is 1.19 bits per heavy atom. The summed E-state index contributed by atoms with van der Waals surface area (Å²) in [7, 11) is -3.17. The maximum Gasteiger partial charge on any atom is 0.253 e. The summed E-state index contributed by atoms with van der Waals surface area (Å²) in [4.78, 5) is 21.0. The van der Waals surface area contributed by atoms with Crippen molar-refractivity contribution in [1.29, 1.82) is 0 Å². The van der Waals surface area contributed by atoms with E-state index >= 15 is 0 Å². The van der Waals surface area contributed by atoms with Crippen molar-refractivity contribution in [3.05, 3.63) is 47.0 Å². The Hall–Kier alpha value is -1.97. The molecule has 0 atom stereocenters. The molecule has 1 aliphatic rings. The molecule has 2 heterocycles. The van der Waals surface area contributed by atoms with E-state index in [2.05, 4.69) is 14.6 Å². The maximum absolute atomic E-state index is 12.7. The molecule has 0 saturated carbocycles. The summed E-state index contributed by atoms with van der Waals surface area (Å²) in [6.07, 6.45) is 3.53. The molecule has 7 nitrogen and oxygen atoms in total. The first kappa shape index (κ1) is 18.8. The van der Waals surface area contributed by atoms with Crippen LogP contribution in [0.15, 0.2) is 35.8 Å². The van der Waals surface area contributed by atoms with Gasteiger partial charge in [0.05, 0.1) is 6.26 Å². The van der Waals surface area contributed by atoms with Gasteiger partial charge in [-0.2, -0.15) is 0 Å². The SMILES string of the molecule is CS(=O)(=O)NCCc1ccc(C(=O)N2CCN(c3nccs3)CC2)cc1. The van der Waals surface area contributed by atoms with Crippen molar-refractivity contribution in [1.82, 2.24) is 14.6 Å². The third-order valence-corrected chi connectivity index (χ3v) is 5.80. The van der Waals surface area contributed by atoms with Crippen LogP contribution in [0.4, 0.5) is 5.13 Å². The molecule has 1 fully saturated rings. The fourth-order valence-corrected chi connectivity index (χ4v) is 4.02. The fourth-order valence-electron chi connectivity index (χ4n) is 2.85. The van der Waals surface area contributed by atoms with E-state index in [-0.39, 0.29) is 5.91 Å². The van der Waals surface area contributed by atoms with Gasteiger partial charge in [0.15, 0.2) is 5.13 Å². The van der Waals surface area contributed by atoms with Gasteiger partial charge in [-0.1, -0.05) is 12.1 Å². The lowest BCUT2D eigenvalue weighted by molar-refractivity contribution is 0.0746. The van der Waals surface area contributed by atoms with Gasteiger partial charge < -0.3 is 9.80 Å². The summed E-state index contributed by atoms with van der Waals surface area (Å²) in [5.74, 6) is 0.0320. The summed E-state index contributed by atoms with van der Waals surface area (Å²) in [6, 6.07) is 7.38. The van der Waals surface area contributed by atoms with E-state index in [1.807, 2.05) is 34.5 Å². The molecule has 1 N–H and O–H groups in total. The average Bonchev–Trinajstić information content (AvgIpc) is 3.15. The van der Waals surface area contributed by atoms with Crippen LogP contribution in [0.1, 0.15) is 15.9 Å². The van der Waals surface area contributed by atoms with Crippen molar-refractivity contribution in [2.45, 2.75) is 6.42 Å². The highest BCUT2D eigenvalue weighted by molar-refractivity contribution is 7.88. The van der Waals surface area contributed by atoms with Gasteiger partial charge in [-0.3, -0.25) is 4.79 Å². The number of nitrogens with one attached hydrogen (secondary N) is 1. The van der Waals surface area contributed by atoms with Gasteiger partial charge in [0.2, 0.25) is 10.0 Å². The molecule has 140 valence electrons. The van der Waals surface area contributed by atoms with E-state index in [1.165, 1.54) is 0 Å². The Morgan fingerprint density at radius 3 is 2.46 bits per heavy atom.